The minimum absolute atomic E-state index is 0.0163. The van der Waals surface area contributed by atoms with Crippen molar-refractivity contribution in [2.24, 2.45) is 11.1 Å². The summed E-state index contributed by atoms with van der Waals surface area (Å²) in [5.41, 5.74) is 5.03. The fourth-order valence-electron chi connectivity index (χ4n) is 0.856. The molecule has 4 heteroatoms. The quantitative estimate of drug-likeness (QED) is 0.757. The van der Waals surface area contributed by atoms with E-state index in [2.05, 4.69) is 5.32 Å². The second-order valence-electron chi connectivity index (χ2n) is 5.56. The van der Waals surface area contributed by atoms with E-state index < -0.39 is 11.7 Å². The van der Waals surface area contributed by atoms with E-state index in [-0.39, 0.29) is 11.5 Å². The highest BCUT2D eigenvalue weighted by atomic mass is 16.6. The molecule has 0 aromatic heterocycles. The lowest BCUT2D eigenvalue weighted by Gasteiger charge is -2.31. The maximum absolute atomic E-state index is 11.5. The van der Waals surface area contributed by atoms with Gasteiger partial charge in [0.05, 0.1) is 0 Å². The van der Waals surface area contributed by atoms with Crippen LogP contribution < -0.4 is 11.1 Å². The molecule has 0 bridgehead atoms. The third-order valence-corrected chi connectivity index (χ3v) is 2.43. The van der Waals surface area contributed by atoms with Crippen LogP contribution in [-0.2, 0) is 4.74 Å². The lowest BCUT2D eigenvalue weighted by atomic mass is 9.86. The Morgan fingerprint density at radius 1 is 1.33 bits per heavy atom. The maximum Gasteiger partial charge on any atom is 0.407 e. The van der Waals surface area contributed by atoms with Gasteiger partial charge in [-0.1, -0.05) is 13.8 Å². The Labute approximate surface area is 92.6 Å². The molecule has 0 aliphatic rings. The number of alkyl carbamates (subject to hydrolysis) is 1. The van der Waals surface area contributed by atoms with Gasteiger partial charge in [0.15, 0.2) is 0 Å². The van der Waals surface area contributed by atoms with Crippen LogP contribution in [0, 0.1) is 5.41 Å². The number of nitrogens with one attached hydrogen (secondary N) is 1. The van der Waals surface area contributed by atoms with Crippen LogP contribution >= 0.6 is 0 Å². The molecule has 0 heterocycles. The van der Waals surface area contributed by atoms with Crippen molar-refractivity contribution in [1.82, 2.24) is 5.32 Å². The van der Waals surface area contributed by atoms with E-state index in [0.717, 1.165) is 0 Å². The van der Waals surface area contributed by atoms with Crippen molar-refractivity contribution in [3.8, 4) is 0 Å². The average Bonchev–Trinajstić information content (AvgIpc) is 2.00. The van der Waals surface area contributed by atoms with Crippen LogP contribution in [0.4, 0.5) is 4.79 Å². The van der Waals surface area contributed by atoms with E-state index in [9.17, 15) is 4.79 Å². The van der Waals surface area contributed by atoms with Gasteiger partial charge in [0, 0.05) is 6.04 Å². The predicted octanol–water partition coefficient (Wildman–Crippen LogP) is 1.88. The van der Waals surface area contributed by atoms with Crippen molar-refractivity contribution in [3.05, 3.63) is 0 Å². The van der Waals surface area contributed by atoms with Gasteiger partial charge in [-0.2, -0.15) is 0 Å². The number of amides is 1. The van der Waals surface area contributed by atoms with Gasteiger partial charge in [0.2, 0.25) is 0 Å². The van der Waals surface area contributed by atoms with Gasteiger partial charge in [-0.05, 0) is 39.7 Å². The monoisotopic (exact) mass is 216 g/mol. The van der Waals surface area contributed by atoms with E-state index in [1.807, 2.05) is 41.5 Å². The van der Waals surface area contributed by atoms with Crippen molar-refractivity contribution < 1.29 is 9.53 Å². The zero-order chi connectivity index (χ0) is 12.3. The molecule has 4 nitrogen and oxygen atoms in total. The molecule has 0 saturated heterocycles. The third-order valence-electron chi connectivity index (χ3n) is 2.43. The van der Waals surface area contributed by atoms with Crippen molar-refractivity contribution in [2.45, 2.75) is 53.2 Å². The number of carbonyl (C=O) groups excluding carboxylic acids is 1. The molecule has 90 valence electrons. The summed E-state index contributed by atoms with van der Waals surface area (Å²) in [7, 11) is 0. The lowest BCUT2D eigenvalue weighted by molar-refractivity contribution is 0.0470. The maximum atomic E-state index is 11.5. The molecule has 0 saturated carbocycles. The molecule has 0 spiro atoms. The molecule has 15 heavy (non-hydrogen) atoms. The standard InChI is InChI=1S/C11H24N2O2/c1-8(11(5,6)7-12)13-9(14)15-10(2,3)4/h8H,7,12H2,1-6H3,(H,13,14). The molecule has 3 N–H and O–H groups in total. The highest BCUT2D eigenvalue weighted by molar-refractivity contribution is 5.68. The van der Waals surface area contributed by atoms with Gasteiger partial charge in [0.25, 0.3) is 0 Å². The fraction of sp³-hybridized carbons (Fsp3) is 0.909. The van der Waals surface area contributed by atoms with Gasteiger partial charge in [-0.3, -0.25) is 0 Å². The number of rotatable bonds is 3. The Morgan fingerprint density at radius 2 is 1.80 bits per heavy atom. The van der Waals surface area contributed by atoms with Crippen LogP contribution in [0.15, 0.2) is 0 Å². The van der Waals surface area contributed by atoms with Crippen LogP contribution in [0.5, 0.6) is 0 Å². The summed E-state index contributed by atoms with van der Waals surface area (Å²) in [6, 6.07) is -0.0163. The van der Waals surface area contributed by atoms with E-state index >= 15 is 0 Å². The third kappa shape index (κ3) is 5.62. The van der Waals surface area contributed by atoms with E-state index in [1.54, 1.807) is 0 Å². The van der Waals surface area contributed by atoms with Crippen LogP contribution in [0.1, 0.15) is 41.5 Å². The smallest absolute Gasteiger partial charge is 0.407 e. The van der Waals surface area contributed by atoms with Crippen molar-refractivity contribution in [3.63, 3.8) is 0 Å². The SMILES string of the molecule is CC(NC(=O)OC(C)(C)C)C(C)(C)CN. The highest BCUT2D eigenvalue weighted by Gasteiger charge is 2.27. The summed E-state index contributed by atoms with van der Waals surface area (Å²) in [6.07, 6.45) is -0.392. The normalized spacial score (nSPS) is 14.6. The molecule has 0 fully saturated rings. The van der Waals surface area contributed by atoms with Crippen LogP contribution in [-0.4, -0.2) is 24.3 Å². The first-order valence-electron chi connectivity index (χ1n) is 5.28. The van der Waals surface area contributed by atoms with Gasteiger partial charge in [-0.25, -0.2) is 4.79 Å². The molecule has 0 aliphatic carbocycles. The first-order chi connectivity index (χ1) is 6.58. The number of hydrogen-bond donors (Lipinski definition) is 2. The van der Waals surface area contributed by atoms with Crippen molar-refractivity contribution in [2.75, 3.05) is 6.54 Å². The Morgan fingerprint density at radius 3 is 2.13 bits per heavy atom. The molecule has 1 amide bonds. The summed E-state index contributed by atoms with van der Waals surface area (Å²) in [5, 5.41) is 2.79. The van der Waals surface area contributed by atoms with Crippen LogP contribution in [0.2, 0.25) is 0 Å². The summed E-state index contributed by atoms with van der Waals surface area (Å²) < 4.78 is 5.16. The van der Waals surface area contributed by atoms with E-state index in [1.165, 1.54) is 0 Å². The van der Waals surface area contributed by atoms with Gasteiger partial charge in [0.1, 0.15) is 5.60 Å². The molecule has 0 aromatic rings. The summed E-state index contributed by atoms with van der Waals surface area (Å²) in [5.74, 6) is 0. The van der Waals surface area contributed by atoms with Crippen LogP contribution in [0.25, 0.3) is 0 Å². The molecule has 1 atom stereocenters. The zero-order valence-electron chi connectivity index (χ0n) is 10.7. The minimum Gasteiger partial charge on any atom is -0.444 e. The molecule has 0 aromatic carbocycles. The molecule has 0 radical (unpaired) electrons. The second kappa shape index (κ2) is 4.84. The Kier molecular flexibility index (Phi) is 4.59. The number of hydrogen-bond acceptors (Lipinski definition) is 3. The Hall–Kier alpha value is -0.770. The minimum atomic E-state index is -0.462. The summed E-state index contributed by atoms with van der Waals surface area (Å²) >= 11 is 0. The number of nitrogens with two attached hydrogens (primary N) is 1. The summed E-state index contributed by atoms with van der Waals surface area (Å²) in [4.78, 5) is 11.5. The second-order valence-corrected chi connectivity index (χ2v) is 5.56. The lowest BCUT2D eigenvalue weighted by Crippen LogP contribution is -2.47. The molecular formula is C11H24N2O2. The summed E-state index contributed by atoms with van der Waals surface area (Å²) in [6.45, 7) is 12.0. The predicted molar refractivity (Wildman–Crippen MR) is 61.7 cm³/mol. The Bertz CT molecular complexity index is 219. The van der Waals surface area contributed by atoms with Crippen molar-refractivity contribution >= 4 is 6.09 Å². The zero-order valence-corrected chi connectivity index (χ0v) is 10.7. The topological polar surface area (TPSA) is 64.3 Å². The van der Waals surface area contributed by atoms with Crippen LogP contribution in [0.3, 0.4) is 0 Å². The number of carbonyl (C=O) groups is 1. The van der Waals surface area contributed by atoms with E-state index in [4.69, 9.17) is 10.5 Å². The molecule has 0 aliphatic heterocycles. The molecular weight excluding hydrogens is 192 g/mol. The fourth-order valence-corrected chi connectivity index (χ4v) is 0.856. The Balaban J connectivity index is 4.20. The van der Waals surface area contributed by atoms with Crippen molar-refractivity contribution in [1.29, 1.82) is 0 Å². The largest absolute Gasteiger partial charge is 0.444 e. The van der Waals surface area contributed by atoms with Gasteiger partial charge >= 0.3 is 6.09 Å². The first kappa shape index (κ1) is 14.2. The van der Waals surface area contributed by atoms with Gasteiger partial charge in [-0.15, -0.1) is 0 Å². The number of ether oxygens (including phenoxy) is 1. The molecule has 0 rings (SSSR count). The highest BCUT2D eigenvalue weighted by Crippen LogP contribution is 2.18. The van der Waals surface area contributed by atoms with E-state index in [0.29, 0.717) is 6.54 Å². The average molecular weight is 216 g/mol. The first-order valence-corrected chi connectivity index (χ1v) is 5.28. The molecule has 1 unspecified atom stereocenters. The van der Waals surface area contributed by atoms with Gasteiger partial charge < -0.3 is 15.8 Å².